The van der Waals surface area contributed by atoms with Gasteiger partial charge in [0.15, 0.2) is 0 Å². The van der Waals surface area contributed by atoms with Crippen molar-refractivity contribution in [1.82, 2.24) is 14.8 Å². The lowest BCUT2D eigenvalue weighted by Crippen LogP contribution is -2.04. The SMILES string of the molecule is COc1ccc(-c2nnc3c4ccccc4n(Cc4cccc(C)c4)cc2-3)cc1. The van der Waals surface area contributed by atoms with Gasteiger partial charge in [0.2, 0.25) is 0 Å². The van der Waals surface area contributed by atoms with Crippen LogP contribution in [0.4, 0.5) is 0 Å². The molecule has 4 heteroatoms. The lowest BCUT2D eigenvalue weighted by molar-refractivity contribution is 0.415. The fraction of sp³-hybridized carbons (Fsp3) is 0.120. The lowest BCUT2D eigenvalue weighted by Gasteiger charge is -2.15. The number of nitrogens with zero attached hydrogens (tertiary/aromatic N) is 3. The molecule has 3 aromatic carbocycles. The van der Waals surface area contributed by atoms with Gasteiger partial charge in [0.05, 0.1) is 12.6 Å². The molecule has 0 unspecified atom stereocenters. The number of hydrogen-bond acceptors (Lipinski definition) is 3. The highest BCUT2D eigenvalue weighted by atomic mass is 16.5. The second-order valence-electron chi connectivity index (χ2n) is 7.30. The molecule has 0 aliphatic carbocycles. The van der Waals surface area contributed by atoms with Crippen molar-refractivity contribution >= 4 is 10.9 Å². The van der Waals surface area contributed by atoms with Gasteiger partial charge in [-0.15, -0.1) is 10.2 Å². The first kappa shape index (κ1) is 17.4. The lowest BCUT2D eigenvalue weighted by atomic mass is 10.0. The van der Waals surface area contributed by atoms with Crippen molar-refractivity contribution in [3.8, 4) is 28.3 Å². The third-order valence-electron chi connectivity index (χ3n) is 5.31. The van der Waals surface area contributed by atoms with Crippen LogP contribution in [0.15, 0.2) is 79.0 Å². The summed E-state index contributed by atoms with van der Waals surface area (Å²) in [4.78, 5) is 0. The van der Waals surface area contributed by atoms with Crippen LogP contribution in [0.3, 0.4) is 0 Å². The molecule has 2 heterocycles. The van der Waals surface area contributed by atoms with E-state index in [-0.39, 0.29) is 0 Å². The van der Waals surface area contributed by atoms with Crippen LogP contribution >= 0.6 is 0 Å². The van der Waals surface area contributed by atoms with E-state index in [0.717, 1.165) is 45.7 Å². The van der Waals surface area contributed by atoms with E-state index in [0.29, 0.717) is 0 Å². The van der Waals surface area contributed by atoms with Crippen LogP contribution in [0.2, 0.25) is 0 Å². The maximum absolute atomic E-state index is 5.29. The summed E-state index contributed by atoms with van der Waals surface area (Å²) in [7, 11) is 1.67. The summed E-state index contributed by atoms with van der Waals surface area (Å²) < 4.78 is 7.58. The molecule has 0 saturated carbocycles. The van der Waals surface area contributed by atoms with E-state index >= 15 is 0 Å². The molecule has 0 aromatic heterocycles. The first-order valence-corrected chi connectivity index (χ1v) is 9.67. The molecule has 0 saturated heterocycles. The van der Waals surface area contributed by atoms with Gasteiger partial charge < -0.3 is 9.30 Å². The minimum atomic E-state index is 0.797. The van der Waals surface area contributed by atoms with Crippen molar-refractivity contribution in [3.63, 3.8) is 0 Å². The van der Waals surface area contributed by atoms with Crippen LogP contribution in [-0.4, -0.2) is 21.9 Å². The molecular weight excluding hydrogens is 358 g/mol. The summed E-state index contributed by atoms with van der Waals surface area (Å²) in [5.74, 6) is 0.831. The minimum absolute atomic E-state index is 0.797. The van der Waals surface area contributed by atoms with Crippen LogP contribution in [0.1, 0.15) is 11.1 Å². The summed E-state index contributed by atoms with van der Waals surface area (Å²) in [6.07, 6.45) is 2.18. The Bertz CT molecular complexity index is 1270. The molecule has 0 radical (unpaired) electrons. The Morgan fingerprint density at radius 1 is 0.862 bits per heavy atom. The zero-order valence-corrected chi connectivity index (χ0v) is 16.5. The molecule has 0 spiro atoms. The third kappa shape index (κ3) is 3.13. The number of aryl methyl sites for hydroxylation is 1. The molecule has 0 bridgehead atoms. The van der Waals surface area contributed by atoms with Gasteiger partial charge >= 0.3 is 0 Å². The Kier molecular flexibility index (Phi) is 4.24. The molecule has 2 aliphatic rings. The van der Waals surface area contributed by atoms with E-state index in [1.165, 1.54) is 11.1 Å². The first-order chi connectivity index (χ1) is 14.2. The van der Waals surface area contributed by atoms with Crippen LogP contribution in [0, 0.1) is 6.92 Å². The van der Waals surface area contributed by atoms with E-state index in [2.05, 4.69) is 76.4 Å². The summed E-state index contributed by atoms with van der Waals surface area (Å²) in [5.41, 5.74) is 7.62. The summed E-state index contributed by atoms with van der Waals surface area (Å²) in [6, 6.07) is 25.0. The van der Waals surface area contributed by atoms with E-state index < -0.39 is 0 Å². The summed E-state index contributed by atoms with van der Waals surface area (Å²) in [6.45, 7) is 2.92. The fourth-order valence-electron chi connectivity index (χ4n) is 3.89. The van der Waals surface area contributed by atoms with Gasteiger partial charge in [0.1, 0.15) is 17.1 Å². The van der Waals surface area contributed by atoms with Gasteiger partial charge in [0, 0.05) is 29.3 Å². The molecule has 142 valence electrons. The molecule has 3 aromatic rings. The van der Waals surface area contributed by atoms with E-state index in [4.69, 9.17) is 4.74 Å². The zero-order chi connectivity index (χ0) is 19.8. The molecule has 5 rings (SSSR count). The normalized spacial score (nSPS) is 11.2. The number of pyridine rings is 1. The molecule has 2 aliphatic heterocycles. The molecule has 0 fully saturated rings. The predicted octanol–water partition coefficient (Wildman–Crippen LogP) is 5.57. The van der Waals surface area contributed by atoms with E-state index in [1.54, 1.807) is 7.11 Å². The quantitative estimate of drug-likeness (QED) is 0.410. The van der Waals surface area contributed by atoms with Gasteiger partial charge in [-0.3, -0.25) is 0 Å². The van der Waals surface area contributed by atoms with Crippen molar-refractivity contribution < 1.29 is 4.74 Å². The molecule has 0 amide bonds. The van der Waals surface area contributed by atoms with Crippen molar-refractivity contribution in [3.05, 3.63) is 90.1 Å². The van der Waals surface area contributed by atoms with Crippen molar-refractivity contribution in [2.45, 2.75) is 13.5 Å². The highest BCUT2D eigenvalue weighted by molar-refractivity contribution is 5.98. The minimum Gasteiger partial charge on any atom is -0.497 e. The molecule has 0 N–H and O–H groups in total. The highest BCUT2D eigenvalue weighted by Gasteiger charge is 2.20. The second kappa shape index (κ2) is 7.06. The number of aromatic nitrogens is 3. The predicted molar refractivity (Wildman–Crippen MR) is 116 cm³/mol. The average molecular weight is 379 g/mol. The Morgan fingerprint density at radius 2 is 1.66 bits per heavy atom. The number of rotatable bonds is 4. The Morgan fingerprint density at radius 3 is 2.45 bits per heavy atom. The van der Waals surface area contributed by atoms with E-state index in [9.17, 15) is 0 Å². The van der Waals surface area contributed by atoms with Crippen LogP contribution in [-0.2, 0) is 6.54 Å². The Labute approximate surface area is 169 Å². The van der Waals surface area contributed by atoms with Crippen LogP contribution in [0.25, 0.3) is 33.4 Å². The maximum Gasteiger partial charge on any atom is 0.118 e. The summed E-state index contributed by atoms with van der Waals surface area (Å²) in [5, 5.41) is 10.2. The maximum atomic E-state index is 5.29. The van der Waals surface area contributed by atoms with Crippen LogP contribution < -0.4 is 4.74 Å². The number of ether oxygens (including phenoxy) is 1. The molecular formula is C25H21N3O. The van der Waals surface area contributed by atoms with Crippen molar-refractivity contribution in [1.29, 1.82) is 0 Å². The number of methoxy groups -OCH3 is 1. The second-order valence-corrected chi connectivity index (χ2v) is 7.30. The standard InChI is InChI=1S/C25H21N3O/c1-17-6-5-7-18(14-17)15-28-16-22-24(19-10-12-20(29-2)13-11-19)26-27-25(22)21-8-3-4-9-23(21)28/h3-14,16H,15H2,1-2H3. The number of para-hydroxylation sites is 1. The van der Waals surface area contributed by atoms with Crippen molar-refractivity contribution in [2.24, 2.45) is 0 Å². The van der Waals surface area contributed by atoms with Gasteiger partial charge in [-0.1, -0.05) is 48.0 Å². The van der Waals surface area contributed by atoms with Crippen molar-refractivity contribution in [2.75, 3.05) is 7.11 Å². The molecule has 29 heavy (non-hydrogen) atoms. The topological polar surface area (TPSA) is 39.9 Å². The highest BCUT2D eigenvalue weighted by Crippen LogP contribution is 2.37. The Balaban J connectivity index is 1.69. The molecule has 0 atom stereocenters. The third-order valence-corrected chi connectivity index (χ3v) is 5.31. The first-order valence-electron chi connectivity index (χ1n) is 9.67. The Hall–Kier alpha value is -3.66. The smallest absolute Gasteiger partial charge is 0.118 e. The zero-order valence-electron chi connectivity index (χ0n) is 16.5. The molecule has 4 nitrogen and oxygen atoms in total. The number of hydrogen-bond donors (Lipinski definition) is 0. The largest absolute Gasteiger partial charge is 0.497 e. The fourth-order valence-corrected chi connectivity index (χ4v) is 3.89. The number of fused-ring (bicyclic) bond motifs is 3. The monoisotopic (exact) mass is 379 g/mol. The van der Waals surface area contributed by atoms with Gasteiger partial charge in [-0.2, -0.15) is 0 Å². The number of benzene rings is 3. The van der Waals surface area contributed by atoms with E-state index in [1.807, 2.05) is 24.3 Å². The van der Waals surface area contributed by atoms with Gasteiger partial charge in [-0.05, 0) is 42.8 Å². The van der Waals surface area contributed by atoms with Gasteiger partial charge in [-0.25, -0.2) is 0 Å². The van der Waals surface area contributed by atoms with Gasteiger partial charge in [0.25, 0.3) is 0 Å². The summed E-state index contributed by atoms with van der Waals surface area (Å²) >= 11 is 0. The van der Waals surface area contributed by atoms with Crippen LogP contribution in [0.5, 0.6) is 5.75 Å². The average Bonchev–Trinajstić information content (AvgIpc) is 3.18.